The summed E-state index contributed by atoms with van der Waals surface area (Å²) in [5, 5.41) is 3.77. The van der Waals surface area contributed by atoms with Crippen LogP contribution in [0.5, 0.6) is 0 Å². The summed E-state index contributed by atoms with van der Waals surface area (Å²) >= 11 is 1.56. The van der Waals surface area contributed by atoms with Crippen molar-refractivity contribution in [2.24, 2.45) is 5.73 Å². The Balaban J connectivity index is 0.00000200. The third kappa shape index (κ3) is 3.96. The highest BCUT2D eigenvalue weighted by molar-refractivity contribution is 7.11. The van der Waals surface area contributed by atoms with Crippen molar-refractivity contribution < 1.29 is 4.79 Å². The molecule has 8 heteroatoms. The smallest absolute Gasteiger partial charge is 0.271 e. The van der Waals surface area contributed by atoms with Crippen LogP contribution in [0.2, 0.25) is 0 Å². The highest BCUT2D eigenvalue weighted by Crippen LogP contribution is 2.11. The van der Waals surface area contributed by atoms with Gasteiger partial charge < -0.3 is 11.1 Å². The molecule has 0 radical (unpaired) electrons. The Morgan fingerprint density at radius 3 is 2.65 bits per heavy atom. The molecule has 0 spiro atoms. The number of nitrogens with zero attached hydrogens (tertiary/aromatic N) is 3. The molecule has 0 saturated carbocycles. The van der Waals surface area contributed by atoms with E-state index < -0.39 is 0 Å². The van der Waals surface area contributed by atoms with Crippen LogP contribution in [0.4, 0.5) is 0 Å². The molecule has 0 bridgehead atoms. The fourth-order valence-corrected chi connectivity index (χ4v) is 2.30. The average Bonchev–Trinajstić information content (AvgIpc) is 2.81. The van der Waals surface area contributed by atoms with E-state index in [0.717, 1.165) is 9.88 Å². The van der Waals surface area contributed by atoms with Crippen molar-refractivity contribution in [2.75, 3.05) is 0 Å². The first-order valence-corrected chi connectivity index (χ1v) is 6.64. The number of nitrogens with one attached hydrogen (secondary N) is 1. The zero-order valence-electron chi connectivity index (χ0n) is 11.2. The fourth-order valence-electron chi connectivity index (χ4n) is 1.56. The molecule has 0 saturated heterocycles. The minimum Gasteiger partial charge on any atom is -0.346 e. The van der Waals surface area contributed by atoms with Gasteiger partial charge in [-0.25, -0.2) is 9.97 Å². The first-order chi connectivity index (χ1) is 9.10. The largest absolute Gasteiger partial charge is 0.346 e. The number of halogens is 1. The van der Waals surface area contributed by atoms with Crippen molar-refractivity contribution in [2.45, 2.75) is 26.9 Å². The van der Waals surface area contributed by atoms with Gasteiger partial charge in [0.1, 0.15) is 5.69 Å². The minimum absolute atomic E-state index is 0. The number of nitrogens with two attached hydrogens (primary N) is 1. The Hall–Kier alpha value is -1.57. The van der Waals surface area contributed by atoms with E-state index >= 15 is 0 Å². The lowest BCUT2D eigenvalue weighted by Crippen LogP contribution is -2.24. The van der Waals surface area contributed by atoms with Gasteiger partial charge in [-0.2, -0.15) is 0 Å². The highest BCUT2D eigenvalue weighted by atomic mass is 35.5. The summed E-state index contributed by atoms with van der Waals surface area (Å²) in [6.07, 6.45) is 3.21. The van der Waals surface area contributed by atoms with Crippen LogP contribution < -0.4 is 11.1 Å². The maximum atomic E-state index is 11.9. The third-order valence-electron chi connectivity index (χ3n) is 2.57. The molecule has 1 amide bonds. The average molecular weight is 314 g/mol. The van der Waals surface area contributed by atoms with E-state index in [2.05, 4.69) is 20.3 Å². The van der Waals surface area contributed by atoms with Crippen molar-refractivity contribution in [3.8, 4) is 0 Å². The molecule has 2 aromatic rings. The van der Waals surface area contributed by atoms with Crippen molar-refractivity contribution in [1.82, 2.24) is 20.3 Å². The molecule has 20 heavy (non-hydrogen) atoms. The Bertz CT molecular complexity index is 601. The summed E-state index contributed by atoms with van der Waals surface area (Å²) in [6.45, 7) is 4.49. The van der Waals surface area contributed by atoms with Crippen LogP contribution in [0.3, 0.4) is 0 Å². The number of carbonyl (C=O) groups is 1. The maximum Gasteiger partial charge on any atom is 0.271 e. The van der Waals surface area contributed by atoms with Gasteiger partial charge in [-0.15, -0.1) is 23.7 Å². The van der Waals surface area contributed by atoms with E-state index in [-0.39, 0.29) is 18.3 Å². The Morgan fingerprint density at radius 2 is 2.10 bits per heavy atom. The van der Waals surface area contributed by atoms with Gasteiger partial charge in [0.05, 0.1) is 29.1 Å². The van der Waals surface area contributed by atoms with Crippen molar-refractivity contribution >= 4 is 29.7 Å². The molecule has 0 atom stereocenters. The molecule has 3 N–H and O–H groups in total. The van der Waals surface area contributed by atoms with Crippen LogP contribution >= 0.6 is 23.7 Å². The predicted molar refractivity (Wildman–Crippen MR) is 79.9 cm³/mol. The van der Waals surface area contributed by atoms with Crippen LogP contribution in [0.1, 0.15) is 31.8 Å². The molecule has 6 nitrogen and oxygen atoms in total. The van der Waals surface area contributed by atoms with E-state index in [1.54, 1.807) is 24.5 Å². The molecule has 108 valence electrons. The minimum atomic E-state index is -0.245. The topological polar surface area (TPSA) is 93.8 Å². The lowest BCUT2D eigenvalue weighted by Gasteiger charge is -2.05. The molecule has 0 aliphatic heterocycles. The molecule has 2 rings (SSSR count). The number of hydrogen-bond acceptors (Lipinski definition) is 6. The summed E-state index contributed by atoms with van der Waals surface area (Å²) < 4.78 is 0. The molecule has 2 heterocycles. The number of carbonyl (C=O) groups excluding carboxylic acids is 1. The highest BCUT2D eigenvalue weighted by Gasteiger charge is 2.10. The molecule has 0 aliphatic carbocycles. The number of amides is 1. The lowest BCUT2D eigenvalue weighted by atomic mass is 10.3. The van der Waals surface area contributed by atoms with Gasteiger partial charge in [-0.3, -0.25) is 9.78 Å². The van der Waals surface area contributed by atoms with E-state index in [1.165, 1.54) is 6.20 Å². The predicted octanol–water partition coefficient (Wildman–Crippen LogP) is 1.36. The first-order valence-electron chi connectivity index (χ1n) is 5.82. The number of aromatic nitrogens is 3. The van der Waals surface area contributed by atoms with E-state index in [9.17, 15) is 4.79 Å². The number of hydrogen-bond donors (Lipinski definition) is 2. The van der Waals surface area contributed by atoms with Gasteiger partial charge in [-0.05, 0) is 13.8 Å². The van der Waals surface area contributed by atoms with E-state index in [4.69, 9.17) is 5.73 Å². The number of rotatable bonds is 4. The van der Waals surface area contributed by atoms with Crippen LogP contribution in [-0.2, 0) is 13.1 Å². The first kappa shape index (κ1) is 16.5. The van der Waals surface area contributed by atoms with Gasteiger partial charge in [0.15, 0.2) is 0 Å². The van der Waals surface area contributed by atoms with Crippen LogP contribution in [0, 0.1) is 13.8 Å². The van der Waals surface area contributed by atoms with Crippen LogP contribution in [-0.4, -0.2) is 20.9 Å². The zero-order chi connectivity index (χ0) is 13.8. The van der Waals surface area contributed by atoms with Gasteiger partial charge >= 0.3 is 0 Å². The molecule has 2 aromatic heterocycles. The van der Waals surface area contributed by atoms with Crippen molar-refractivity contribution in [3.63, 3.8) is 0 Å². The lowest BCUT2D eigenvalue weighted by molar-refractivity contribution is 0.0945. The molecule has 0 aromatic carbocycles. The summed E-state index contributed by atoms with van der Waals surface area (Å²) in [4.78, 5) is 25.4. The summed E-state index contributed by atoms with van der Waals surface area (Å²) in [6, 6.07) is 0. The maximum absolute atomic E-state index is 11.9. The zero-order valence-corrected chi connectivity index (χ0v) is 12.8. The van der Waals surface area contributed by atoms with Gasteiger partial charge in [0, 0.05) is 17.6 Å². The van der Waals surface area contributed by atoms with Crippen molar-refractivity contribution in [3.05, 3.63) is 39.4 Å². The second-order valence-electron chi connectivity index (χ2n) is 4.02. The van der Waals surface area contributed by atoms with E-state index in [0.29, 0.717) is 30.2 Å². The number of thiazole rings is 1. The summed E-state index contributed by atoms with van der Waals surface area (Å²) in [5.74, 6) is -0.245. The molecular weight excluding hydrogens is 298 g/mol. The van der Waals surface area contributed by atoms with Crippen LogP contribution in [0.25, 0.3) is 0 Å². The van der Waals surface area contributed by atoms with Gasteiger partial charge in [0.2, 0.25) is 0 Å². The van der Waals surface area contributed by atoms with Gasteiger partial charge in [-0.1, -0.05) is 0 Å². The Labute approximate surface area is 127 Å². The second-order valence-corrected chi connectivity index (χ2v) is 5.34. The number of aryl methyl sites for hydroxylation is 2. The Morgan fingerprint density at radius 1 is 1.35 bits per heavy atom. The summed E-state index contributed by atoms with van der Waals surface area (Å²) in [5.41, 5.74) is 7.19. The molecule has 0 unspecified atom stereocenters. The van der Waals surface area contributed by atoms with Crippen molar-refractivity contribution in [1.29, 1.82) is 0 Å². The SMILES string of the molecule is Cc1ncc(CNC(=O)c2cnc(CN)c(C)n2)s1.Cl. The molecular formula is C12H16ClN5OS. The van der Waals surface area contributed by atoms with Gasteiger partial charge in [0.25, 0.3) is 5.91 Å². The molecule has 0 aliphatic rings. The fraction of sp³-hybridized carbons (Fsp3) is 0.333. The monoisotopic (exact) mass is 313 g/mol. The Kier molecular flexibility index (Phi) is 6.00. The second kappa shape index (κ2) is 7.28. The third-order valence-corrected chi connectivity index (χ3v) is 3.48. The standard InChI is InChI=1S/C12H15N5OS.ClH/c1-7-10(3-13)15-6-11(17-7)12(18)16-5-9-4-14-8(2)19-9;/h4,6H,3,5,13H2,1-2H3,(H,16,18);1H. The summed E-state index contributed by atoms with van der Waals surface area (Å²) in [7, 11) is 0. The van der Waals surface area contributed by atoms with E-state index in [1.807, 2.05) is 6.92 Å². The van der Waals surface area contributed by atoms with Crippen LogP contribution in [0.15, 0.2) is 12.4 Å². The molecule has 0 fully saturated rings. The quantitative estimate of drug-likeness (QED) is 0.889. The normalized spacial score (nSPS) is 9.95.